The van der Waals surface area contributed by atoms with Gasteiger partial charge in [-0.15, -0.1) is 11.3 Å². The molecule has 1 aliphatic carbocycles. The Morgan fingerprint density at radius 3 is 2.83 bits per heavy atom. The average molecular weight is 345 g/mol. The first-order valence-electron chi connectivity index (χ1n) is 7.62. The van der Waals surface area contributed by atoms with Crippen LogP contribution in [0, 0.1) is 6.92 Å². The van der Waals surface area contributed by atoms with E-state index < -0.39 is 18.6 Å². The van der Waals surface area contributed by atoms with E-state index in [0.29, 0.717) is 19.3 Å². The first-order valence-corrected chi connectivity index (χ1v) is 8.50. The summed E-state index contributed by atoms with van der Waals surface area (Å²) in [4.78, 5) is 18.5. The Morgan fingerprint density at radius 1 is 1.48 bits per heavy atom. The Balaban J connectivity index is 1.66. The lowest BCUT2D eigenvalue weighted by Crippen LogP contribution is -2.48. The predicted molar refractivity (Wildman–Crippen MR) is 81.5 cm³/mol. The van der Waals surface area contributed by atoms with Crippen LogP contribution in [-0.2, 0) is 11.2 Å². The van der Waals surface area contributed by atoms with E-state index in [2.05, 4.69) is 4.98 Å². The number of hydrogen-bond donors (Lipinski definition) is 0. The molecule has 2 heterocycles. The van der Waals surface area contributed by atoms with Crippen LogP contribution in [0.15, 0.2) is 11.6 Å². The molecule has 1 amide bonds. The summed E-state index contributed by atoms with van der Waals surface area (Å²) in [5.74, 6) is -0.414. The maximum atomic E-state index is 12.7. The summed E-state index contributed by atoms with van der Waals surface area (Å²) < 4.78 is 40.0. The minimum absolute atomic E-state index is 0.0929. The molecular weight excluding hydrogens is 327 g/mol. The number of amides is 1. The van der Waals surface area contributed by atoms with E-state index >= 15 is 0 Å². The van der Waals surface area contributed by atoms with E-state index in [4.69, 9.17) is 0 Å². The zero-order valence-electron chi connectivity index (χ0n) is 12.8. The third-order valence-electron chi connectivity index (χ3n) is 4.18. The van der Waals surface area contributed by atoms with Gasteiger partial charge in [-0.3, -0.25) is 9.20 Å². The van der Waals surface area contributed by atoms with Crippen molar-refractivity contribution >= 4 is 22.2 Å². The number of carbonyl (C=O) groups is 1. The van der Waals surface area contributed by atoms with Gasteiger partial charge in [0.2, 0.25) is 5.91 Å². The molecular formula is C15H18F3N3OS. The molecule has 0 unspecified atom stereocenters. The normalized spacial score (nSPS) is 15.8. The molecule has 126 valence electrons. The van der Waals surface area contributed by atoms with E-state index in [0.717, 1.165) is 27.7 Å². The fourth-order valence-electron chi connectivity index (χ4n) is 2.81. The highest BCUT2D eigenvalue weighted by Gasteiger charge is 2.38. The van der Waals surface area contributed by atoms with Crippen LogP contribution in [0.5, 0.6) is 0 Å². The quantitative estimate of drug-likeness (QED) is 0.831. The molecule has 0 saturated heterocycles. The first-order chi connectivity index (χ1) is 10.8. The monoisotopic (exact) mass is 345 g/mol. The molecule has 1 saturated carbocycles. The van der Waals surface area contributed by atoms with Crippen LogP contribution in [0.2, 0.25) is 0 Å². The van der Waals surface area contributed by atoms with Crippen LogP contribution in [0.4, 0.5) is 13.2 Å². The number of aromatic nitrogens is 2. The molecule has 0 spiro atoms. The van der Waals surface area contributed by atoms with E-state index in [1.54, 1.807) is 0 Å². The molecule has 1 aliphatic rings. The minimum atomic E-state index is -4.34. The zero-order chi connectivity index (χ0) is 16.6. The van der Waals surface area contributed by atoms with Gasteiger partial charge in [0.15, 0.2) is 4.96 Å². The molecule has 0 bridgehead atoms. The van der Waals surface area contributed by atoms with E-state index in [-0.39, 0.29) is 12.5 Å². The molecule has 0 aliphatic heterocycles. The van der Waals surface area contributed by atoms with Crippen LogP contribution in [0.1, 0.15) is 37.1 Å². The SMILES string of the molecule is Cc1cn2c(CCC(=O)N(CC(F)(F)F)C3CCC3)csc2n1. The van der Waals surface area contributed by atoms with Crippen molar-refractivity contribution in [1.29, 1.82) is 0 Å². The highest BCUT2D eigenvalue weighted by Crippen LogP contribution is 2.29. The molecule has 0 radical (unpaired) electrons. The fraction of sp³-hybridized carbons (Fsp3) is 0.600. The summed E-state index contributed by atoms with van der Waals surface area (Å²) in [5, 5.41) is 1.91. The lowest BCUT2D eigenvalue weighted by Gasteiger charge is -2.38. The summed E-state index contributed by atoms with van der Waals surface area (Å²) in [6.45, 7) is 0.746. The third-order valence-corrected chi connectivity index (χ3v) is 5.07. The molecule has 2 aromatic rings. The van der Waals surface area contributed by atoms with Gasteiger partial charge in [0.05, 0.1) is 5.69 Å². The molecule has 1 fully saturated rings. The van der Waals surface area contributed by atoms with Crippen molar-refractivity contribution in [3.05, 3.63) is 23.0 Å². The van der Waals surface area contributed by atoms with Crippen LogP contribution < -0.4 is 0 Å². The van der Waals surface area contributed by atoms with Crippen LogP contribution in [0.3, 0.4) is 0 Å². The topological polar surface area (TPSA) is 37.6 Å². The summed E-state index contributed by atoms with van der Waals surface area (Å²) in [5.41, 5.74) is 1.80. The number of rotatable bonds is 5. The number of carbonyl (C=O) groups excluding carboxylic acids is 1. The van der Waals surface area contributed by atoms with Gasteiger partial charge < -0.3 is 4.90 Å². The molecule has 0 N–H and O–H groups in total. The van der Waals surface area contributed by atoms with Gasteiger partial charge in [0, 0.05) is 29.7 Å². The van der Waals surface area contributed by atoms with Crippen molar-refractivity contribution < 1.29 is 18.0 Å². The molecule has 0 aromatic carbocycles. The van der Waals surface area contributed by atoms with Crippen molar-refractivity contribution in [2.75, 3.05) is 6.54 Å². The van der Waals surface area contributed by atoms with Gasteiger partial charge in [0.1, 0.15) is 6.54 Å². The second kappa shape index (κ2) is 6.14. The second-order valence-electron chi connectivity index (χ2n) is 5.98. The van der Waals surface area contributed by atoms with E-state index in [9.17, 15) is 18.0 Å². The third kappa shape index (κ3) is 3.68. The maximum absolute atomic E-state index is 12.7. The Labute approximate surface area is 135 Å². The molecule has 23 heavy (non-hydrogen) atoms. The first kappa shape index (κ1) is 16.3. The predicted octanol–water partition coefficient (Wildman–Crippen LogP) is 3.58. The summed E-state index contributed by atoms with van der Waals surface area (Å²) >= 11 is 1.47. The van der Waals surface area contributed by atoms with Crippen molar-refractivity contribution in [3.8, 4) is 0 Å². The number of imidazole rings is 1. The van der Waals surface area contributed by atoms with E-state index in [1.165, 1.54) is 11.3 Å². The van der Waals surface area contributed by atoms with Gasteiger partial charge in [-0.1, -0.05) is 0 Å². The number of thiazole rings is 1. The van der Waals surface area contributed by atoms with Crippen LogP contribution >= 0.6 is 11.3 Å². The number of nitrogens with zero attached hydrogens (tertiary/aromatic N) is 3. The number of aryl methyl sites for hydroxylation is 2. The average Bonchev–Trinajstić information content (AvgIpc) is 2.91. The Hall–Kier alpha value is -1.57. The van der Waals surface area contributed by atoms with Crippen molar-refractivity contribution in [1.82, 2.24) is 14.3 Å². The smallest absolute Gasteiger partial charge is 0.331 e. The summed E-state index contributed by atoms with van der Waals surface area (Å²) in [6, 6.07) is -0.248. The van der Waals surface area contributed by atoms with Crippen molar-refractivity contribution in [2.45, 2.75) is 51.2 Å². The Bertz CT molecular complexity index is 702. The molecule has 4 nitrogen and oxygen atoms in total. The van der Waals surface area contributed by atoms with Crippen molar-refractivity contribution in [2.24, 2.45) is 0 Å². The van der Waals surface area contributed by atoms with Crippen LogP contribution in [-0.4, -0.2) is 39.0 Å². The Kier molecular flexibility index (Phi) is 4.35. The summed E-state index contributed by atoms with van der Waals surface area (Å²) in [7, 11) is 0. The number of hydrogen-bond acceptors (Lipinski definition) is 3. The number of fused-ring (bicyclic) bond motifs is 1. The largest absolute Gasteiger partial charge is 0.406 e. The standard InChI is InChI=1S/C15H18F3N3OS/c1-10-7-20-12(8-23-14(20)19-10)5-6-13(22)21(9-15(16,17)18)11-3-2-4-11/h7-8,11H,2-6,9H2,1H3. The lowest BCUT2D eigenvalue weighted by molar-refractivity contribution is -0.168. The minimum Gasteiger partial charge on any atom is -0.331 e. The second-order valence-corrected chi connectivity index (χ2v) is 6.82. The number of alkyl halides is 3. The van der Waals surface area contributed by atoms with Gasteiger partial charge in [-0.2, -0.15) is 13.2 Å². The Morgan fingerprint density at radius 2 is 2.22 bits per heavy atom. The molecule has 3 rings (SSSR count). The fourth-order valence-corrected chi connectivity index (χ4v) is 3.77. The zero-order valence-corrected chi connectivity index (χ0v) is 13.6. The van der Waals surface area contributed by atoms with Gasteiger partial charge in [-0.05, 0) is 32.6 Å². The summed E-state index contributed by atoms with van der Waals surface area (Å²) in [6.07, 6.45) is 0.293. The van der Waals surface area contributed by atoms with Crippen LogP contribution in [0.25, 0.3) is 4.96 Å². The molecule has 8 heteroatoms. The van der Waals surface area contributed by atoms with Gasteiger partial charge in [-0.25, -0.2) is 4.98 Å². The number of halogens is 3. The van der Waals surface area contributed by atoms with Gasteiger partial charge >= 0.3 is 6.18 Å². The maximum Gasteiger partial charge on any atom is 0.406 e. The molecule has 0 atom stereocenters. The highest BCUT2D eigenvalue weighted by molar-refractivity contribution is 7.15. The lowest BCUT2D eigenvalue weighted by atomic mass is 9.91. The molecule has 2 aromatic heterocycles. The van der Waals surface area contributed by atoms with Gasteiger partial charge in [0.25, 0.3) is 0 Å². The van der Waals surface area contributed by atoms with E-state index in [1.807, 2.05) is 22.9 Å². The highest BCUT2D eigenvalue weighted by atomic mass is 32.1. The van der Waals surface area contributed by atoms with Crippen molar-refractivity contribution in [3.63, 3.8) is 0 Å².